The van der Waals surface area contributed by atoms with Crippen molar-refractivity contribution in [2.75, 3.05) is 13.7 Å². The Hall–Kier alpha value is -2.89. The Morgan fingerprint density at radius 2 is 1.72 bits per heavy atom. The third-order valence-corrected chi connectivity index (χ3v) is 5.60. The first-order chi connectivity index (χ1) is 15.6. The number of rotatable bonds is 10. The summed E-state index contributed by atoms with van der Waals surface area (Å²) in [4.78, 5) is 4.76. The van der Waals surface area contributed by atoms with Crippen molar-refractivity contribution in [2.24, 2.45) is 0 Å². The standard InChI is InChI=1S/C25H24Cl2N2O3/c1-30-19-7-6-8-20(16-19)31-14-5-4-13-29-23-10-3-2-9-22(23)28-25(29)17-32-24-12-11-18(26)15-21(24)27/h2-3,6-12,15-16H,4-5,13-14,17H2,1H3. The zero-order valence-corrected chi connectivity index (χ0v) is 19.3. The first kappa shape index (κ1) is 22.3. The summed E-state index contributed by atoms with van der Waals surface area (Å²) in [5.41, 5.74) is 2.03. The van der Waals surface area contributed by atoms with Crippen LogP contribution in [-0.4, -0.2) is 23.3 Å². The molecule has 0 atom stereocenters. The zero-order valence-electron chi connectivity index (χ0n) is 17.8. The summed E-state index contributed by atoms with van der Waals surface area (Å²) in [5.74, 6) is 3.04. The number of imidazole rings is 1. The van der Waals surface area contributed by atoms with E-state index in [0.717, 1.165) is 47.7 Å². The van der Waals surface area contributed by atoms with E-state index in [1.54, 1.807) is 25.3 Å². The third-order valence-electron chi connectivity index (χ3n) is 5.07. The Labute approximate surface area is 197 Å². The van der Waals surface area contributed by atoms with Crippen molar-refractivity contribution < 1.29 is 14.2 Å². The van der Waals surface area contributed by atoms with Gasteiger partial charge in [-0.05, 0) is 55.3 Å². The molecule has 1 heterocycles. The highest BCUT2D eigenvalue weighted by atomic mass is 35.5. The summed E-state index contributed by atoms with van der Waals surface area (Å²) in [6, 6.07) is 20.9. The maximum atomic E-state index is 6.24. The highest BCUT2D eigenvalue weighted by molar-refractivity contribution is 6.35. The van der Waals surface area contributed by atoms with Gasteiger partial charge >= 0.3 is 0 Å². The van der Waals surface area contributed by atoms with Crippen molar-refractivity contribution in [1.82, 2.24) is 9.55 Å². The summed E-state index contributed by atoms with van der Waals surface area (Å²) in [6.07, 6.45) is 1.85. The monoisotopic (exact) mass is 470 g/mol. The van der Waals surface area contributed by atoms with Crippen LogP contribution in [0.5, 0.6) is 17.2 Å². The minimum atomic E-state index is 0.316. The molecule has 7 heteroatoms. The summed E-state index contributed by atoms with van der Waals surface area (Å²) in [6.45, 7) is 1.76. The van der Waals surface area contributed by atoms with E-state index in [-0.39, 0.29) is 0 Å². The van der Waals surface area contributed by atoms with E-state index in [9.17, 15) is 0 Å². The Bertz CT molecular complexity index is 1190. The Morgan fingerprint density at radius 1 is 0.875 bits per heavy atom. The maximum absolute atomic E-state index is 6.24. The van der Waals surface area contributed by atoms with Crippen LogP contribution in [0.4, 0.5) is 0 Å². The van der Waals surface area contributed by atoms with Gasteiger partial charge in [0.2, 0.25) is 0 Å². The van der Waals surface area contributed by atoms with Gasteiger partial charge in [0.15, 0.2) is 0 Å². The van der Waals surface area contributed by atoms with Gasteiger partial charge in [0.25, 0.3) is 0 Å². The van der Waals surface area contributed by atoms with Crippen LogP contribution in [0.15, 0.2) is 66.7 Å². The Kier molecular flexibility index (Phi) is 7.40. The highest BCUT2D eigenvalue weighted by Crippen LogP contribution is 2.28. The predicted octanol–water partition coefficient (Wildman–Crippen LogP) is 6.79. The molecule has 32 heavy (non-hydrogen) atoms. The van der Waals surface area contributed by atoms with Crippen LogP contribution in [0, 0.1) is 0 Å². The van der Waals surface area contributed by atoms with E-state index < -0.39 is 0 Å². The molecule has 4 aromatic rings. The number of ether oxygens (including phenoxy) is 3. The van der Waals surface area contributed by atoms with E-state index in [1.807, 2.05) is 42.5 Å². The van der Waals surface area contributed by atoms with Crippen molar-refractivity contribution >= 4 is 34.2 Å². The van der Waals surface area contributed by atoms with E-state index in [2.05, 4.69) is 10.6 Å². The van der Waals surface area contributed by atoms with Crippen molar-refractivity contribution in [3.05, 3.63) is 82.6 Å². The first-order valence-corrected chi connectivity index (χ1v) is 11.2. The van der Waals surface area contributed by atoms with Gasteiger partial charge < -0.3 is 18.8 Å². The average Bonchev–Trinajstić information content (AvgIpc) is 3.16. The molecule has 0 saturated heterocycles. The molecule has 0 N–H and O–H groups in total. The number of nitrogens with zero attached hydrogens (tertiary/aromatic N) is 2. The summed E-state index contributed by atoms with van der Waals surface area (Å²) in [5, 5.41) is 1.06. The zero-order chi connectivity index (χ0) is 22.3. The number of methoxy groups -OCH3 is 1. The molecular weight excluding hydrogens is 447 g/mol. The number of benzene rings is 3. The lowest BCUT2D eigenvalue weighted by molar-refractivity contribution is 0.285. The number of fused-ring (bicyclic) bond motifs is 1. The Morgan fingerprint density at radius 3 is 2.56 bits per heavy atom. The fourth-order valence-corrected chi connectivity index (χ4v) is 3.94. The molecule has 0 unspecified atom stereocenters. The van der Waals surface area contributed by atoms with Crippen LogP contribution in [0.3, 0.4) is 0 Å². The van der Waals surface area contributed by atoms with E-state index in [0.29, 0.717) is 29.0 Å². The summed E-state index contributed by atoms with van der Waals surface area (Å²) in [7, 11) is 1.65. The molecule has 0 amide bonds. The highest BCUT2D eigenvalue weighted by Gasteiger charge is 2.12. The van der Waals surface area contributed by atoms with Gasteiger partial charge in [-0.15, -0.1) is 0 Å². The normalized spacial score (nSPS) is 11.0. The lowest BCUT2D eigenvalue weighted by Crippen LogP contribution is -2.09. The molecule has 5 nitrogen and oxygen atoms in total. The van der Waals surface area contributed by atoms with Crippen molar-refractivity contribution in [3.63, 3.8) is 0 Å². The van der Waals surface area contributed by atoms with E-state index in [4.69, 9.17) is 42.4 Å². The molecule has 0 aliphatic rings. The maximum Gasteiger partial charge on any atom is 0.147 e. The lowest BCUT2D eigenvalue weighted by Gasteiger charge is -2.12. The summed E-state index contributed by atoms with van der Waals surface area (Å²) < 4.78 is 19.2. The number of hydrogen-bond donors (Lipinski definition) is 0. The van der Waals surface area contributed by atoms with Crippen molar-refractivity contribution in [1.29, 1.82) is 0 Å². The molecular formula is C25H24Cl2N2O3. The van der Waals surface area contributed by atoms with Crippen LogP contribution in [0.25, 0.3) is 11.0 Å². The minimum absolute atomic E-state index is 0.316. The third kappa shape index (κ3) is 5.47. The van der Waals surface area contributed by atoms with Gasteiger partial charge in [-0.2, -0.15) is 0 Å². The molecule has 0 aliphatic heterocycles. The van der Waals surface area contributed by atoms with Crippen LogP contribution < -0.4 is 14.2 Å². The topological polar surface area (TPSA) is 45.5 Å². The average molecular weight is 471 g/mol. The fourth-order valence-electron chi connectivity index (χ4n) is 3.47. The molecule has 0 radical (unpaired) electrons. The van der Waals surface area contributed by atoms with E-state index >= 15 is 0 Å². The second kappa shape index (κ2) is 10.6. The van der Waals surface area contributed by atoms with Gasteiger partial charge in [0, 0.05) is 17.6 Å². The molecule has 0 aliphatic carbocycles. The van der Waals surface area contributed by atoms with Crippen LogP contribution in [0.2, 0.25) is 10.0 Å². The molecule has 0 saturated carbocycles. The fraction of sp³-hybridized carbons (Fsp3) is 0.240. The minimum Gasteiger partial charge on any atom is -0.497 e. The van der Waals surface area contributed by atoms with Gasteiger partial charge in [-0.1, -0.05) is 41.4 Å². The molecule has 0 fully saturated rings. The van der Waals surface area contributed by atoms with Gasteiger partial charge in [-0.25, -0.2) is 4.98 Å². The summed E-state index contributed by atoms with van der Waals surface area (Å²) >= 11 is 12.2. The van der Waals surface area contributed by atoms with Gasteiger partial charge in [0.1, 0.15) is 29.7 Å². The van der Waals surface area contributed by atoms with Crippen molar-refractivity contribution in [2.45, 2.75) is 26.0 Å². The SMILES string of the molecule is COc1cccc(OCCCCn2c(COc3ccc(Cl)cc3Cl)nc3ccccc32)c1. The van der Waals surface area contributed by atoms with Crippen LogP contribution in [0.1, 0.15) is 18.7 Å². The second-order valence-corrected chi connectivity index (χ2v) is 8.11. The number of unbranched alkanes of at least 4 members (excludes halogenated alkanes) is 1. The van der Waals surface area contributed by atoms with Gasteiger partial charge in [0.05, 0.1) is 29.8 Å². The molecule has 166 valence electrons. The molecule has 0 spiro atoms. The largest absolute Gasteiger partial charge is 0.497 e. The molecule has 3 aromatic carbocycles. The Balaban J connectivity index is 1.38. The number of aryl methyl sites for hydroxylation is 1. The van der Waals surface area contributed by atoms with Crippen LogP contribution in [-0.2, 0) is 13.2 Å². The second-order valence-electron chi connectivity index (χ2n) is 7.27. The number of hydrogen-bond acceptors (Lipinski definition) is 4. The number of aromatic nitrogens is 2. The van der Waals surface area contributed by atoms with Gasteiger partial charge in [-0.3, -0.25) is 0 Å². The number of para-hydroxylation sites is 2. The molecule has 4 rings (SSSR count). The smallest absolute Gasteiger partial charge is 0.147 e. The molecule has 1 aromatic heterocycles. The van der Waals surface area contributed by atoms with Crippen LogP contribution >= 0.6 is 23.2 Å². The molecule has 0 bridgehead atoms. The first-order valence-electron chi connectivity index (χ1n) is 10.4. The van der Waals surface area contributed by atoms with Crippen molar-refractivity contribution in [3.8, 4) is 17.2 Å². The lowest BCUT2D eigenvalue weighted by atomic mass is 10.3. The number of halogens is 2. The quantitative estimate of drug-likeness (QED) is 0.239. The predicted molar refractivity (Wildman–Crippen MR) is 128 cm³/mol. The van der Waals surface area contributed by atoms with E-state index in [1.165, 1.54) is 0 Å².